The van der Waals surface area contributed by atoms with Crippen molar-refractivity contribution in [2.75, 3.05) is 0 Å². The van der Waals surface area contributed by atoms with E-state index in [0.29, 0.717) is 33.0 Å². The Morgan fingerprint density at radius 3 is 1.05 bits per heavy atom. The number of halogens is 4. The average molecular weight is 627 g/mol. The molecule has 0 atom stereocenters. The Labute approximate surface area is 260 Å². The molecule has 0 aliphatic carbocycles. The van der Waals surface area contributed by atoms with Crippen LogP contribution in [0.4, 0.5) is 17.6 Å². The molecule has 0 N–H and O–H groups in total. The van der Waals surface area contributed by atoms with Crippen molar-refractivity contribution in [2.24, 2.45) is 0 Å². The number of benzene rings is 1. The van der Waals surface area contributed by atoms with Crippen molar-refractivity contribution in [1.29, 1.82) is 0 Å². The third-order valence-corrected chi connectivity index (χ3v) is 10.6. The van der Waals surface area contributed by atoms with Crippen molar-refractivity contribution in [3.63, 3.8) is 0 Å². The highest BCUT2D eigenvalue weighted by Crippen LogP contribution is 2.51. The van der Waals surface area contributed by atoms with Crippen LogP contribution in [0.1, 0.15) is 166 Å². The van der Waals surface area contributed by atoms with E-state index in [1.165, 1.54) is 99.7 Å². The van der Waals surface area contributed by atoms with E-state index in [1.54, 1.807) is 22.9 Å². The standard InChI is InChI=1S/C36H54F4S2/c1-3-5-7-9-11-13-15-17-19-21-25-35(37,38)31-29-23-27-42-34(29)32(30-24-28-41-33(30)31)36(39,40)26-22-20-18-16-14-12-10-8-6-4-2/h23-24,27-28H,3-22,25-26H2,1-2H3. The van der Waals surface area contributed by atoms with Gasteiger partial charge in [-0.1, -0.05) is 129 Å². The Morgan fingerprint density at radius 1 is 0.452 bits per heavy atom. The van der Waals surface area contributed by atoms with Gasteiger partial charge in [0.15, 0.2) is 0 Å². The van der Waals surface area contributed by atoms with E-state index < -0.39 is 11.8 Å². The minimum atomic E-state index is -3.03. The van der Waals surface area contributed by atoms with Crippen LogP contribution in [0.15, 0.2) is 22.9 Å². The number of rotatable bonds is 24. The Morgan fingerprint density at radius 2 is 0.738 bits per heavy atom. The highest BCUT2D eigenvalue weighted by molar-refractivity contribution is 7.19. The monoisotopic (exact) mass is 626 g/mol. The summed E-state index contributed by atoms with van der Waals surface area (Å²) >= 11 is 2.37. The predicted octanol–water partition coefficient (Wildman–Crippen LogP) is 14.9. The molecule has 1 aromatic carbocycles. The molecule has 0 bridgehead atoms. The second kappa shape index (κ2) is 18.6. The highest BCUT2D eigenvalue weighted by atomic mass is 32.1. The number of hydrogen-bond donors (Lipinski definition) is 0. The minimum absolute atomic E-state index is 0.0295. The van der Waals surface area contributed by atoms with Crippen LogP contribution in [0.5, 0.6) is 0 Å². The van der Waals surface area contributed by atoms with Gasteiger partial charge in [0.25, 0.3) is 11.8 Å². The molecule has 0 nitrogen and oxygen atoms in total. The van der Waals surface area contributed by atoms with E-state index in [4.69, 9.17) is 0 Å². The molecule has 0 radical (unpaired) electrons. The lowest BCUT2D eigenvalue weighted by Crippen LogP contribution is -2.18. The zero-order valence-electron chi connectivity index (χ0n) is 26.2. The van der Waals surface area contributed by atoms with Crippen LogP contribution in [0, 0.1) is 0 Å². The average Bonchev–Trinajstić information content (AvgIpc) is 3.63. The van der Waals surface area contributed by atoms with Crippen molar-refractivity contribution in [3.8, 4) is 0 Å². The normalized spacial score (nSPS) is 12.7. The van der Waals surface area contributed by atoms with Gasteiger partial charge in [-0.05, 0) is 35.7 Å². The highest BCUT2D eigenvalue weighted by Gasteiger charge is 2.41. The first-order valence-electron chi connectivity index (χ1n) is 17.0. The number of fused-ring (bicyclic) bond motifs is 2. The molecule has 0 aliphatic rings. The quantitative estimate of drug-likeness (QED) is 0.0685. The molecule has 0 unspecified atom stereocenters. The Kier molecular flexibility index (Phi) is 15.7. The molecule has 238 valence electrons. The summed E-state index contributed by atoms with van der Waals surface area (Å²) in [5, 5.41) is 4.05. The van der Waals surface area contributed by atoms with Crippen LogP contribution < -0.4 is 0 Å². The molecular weight excluding hydrogens is 573 g/mol. The summed E-state index contributed by atoms with van der Waals surface area (Å²) in [5.41, 5.74) is -0.0590. The lowest BCUT2D eigenvalue weighted by molar-refractivity contribution is -0.0153. The van der Waals surface area contributed by atoms with Crippen molar-refractivity contribution in [2.45, 2.75) is 167 Å². The summed E-state index contributed by atoms with van der Waals surface area (Å²) in [6.45, 7) is 4.43. The lowest BCUT2D eigenvalue weighted by atomic mass is 9.91. The Balaban J connectivity index is 1.58. The molecule has 0 amide bonds. The number of unbranched alkanes of at least 4 members (excludes halogenated alkanes) is 18. The van der Waals surface area contributed by atoms with Crippen molar-refractivity contribution < 1.29 is 17.6 Å². The molecule has 3 rings (SSSR count). The SMILES string of the molecule is CCCCCCCCCCCCC(F)(F)c1c2ccsc2c(C(F)(F)CCCCCCCCCCCC)c2ccsc12. The topological polar surface area (TPSA) is 0 Å². The maximum atomic E-state index is 15.8. The van der Waals surface area contributed by atoms with Crippen molar-refractivity contribution >= 4 is 42.8 Å². The van der Waals surface area contributed by atoms with Gasteiger partial charge in [-0.3, -0.25) is 0 Å². The third-order valence-electron chi connectivity index (χ3n) is 8.74. The van der Waals surface area contributed by atoms with Crippen molar-refractivity contribution in [3.05, 3.63) is 34.0 Å². The van der Waals surface area contributed by atoms with Gasteiger partial charge in [0.2, 0.25) is 0 Å². The summed E-state index contributed by atoms with van der Waals surface area (Å²) in [6.07, 6.45) is 21.2. The van der Waals surface area contributed by atoms with Gasteiger partial charge in [-0.25, -0.2) is 17.6 Å². The molecule has 0 aliphatic heterocycles. The Bertz CT molecular complexity index is 1010. The molecule has 0 fully saturated rings. The minimum Gasteiger partial charge on any atom is -0.201 e. The van der Waals surface area contributed by atoms with E-state index in [0.717, 1.165) is 38.5 Å². The maximum absolute atomic E-state index is 15.8. The van der Waals surface area contributed by atoms with E-state index in [9.17, 15) is 0 Å². The third kappa shape index (κ3) is 10.5. The molecule has 3 aromatic rings. The fraction of sp³-hybridized carbons (Fsp3) is 0.722. The van der Waals surface area contributed by atoms with E-state index in [1.807, 2.05) is 0 Å². The summed E-state index contributed by atoms with van der Waals surface area (Å²) in [6, 6.07) is 3.28. The van der Waals surface area contributed by atoms with E-state index in [2.05, 4.69) is 13.8 Å². The summed E-state index contributed by atoms with van der Waals surface area (Å²) in [4.78, 5) is 0. The lowest BCUT2D eigenvalue weighted by Gasteiger charge is -2.23. The summed E-state index contributed by atoms with van der Waals surface area (Å²) in [7, 11) is 0. The zero-order valence-corrected chi connectivity index (χ0v) is 27.8. The molecule has 0 saturated carbocycles. The van der Waals surface area contributed by atoms with Gasteiger partial charge in [0.1, 0.15) is 0 Å². The number of thiophene rings is 2. The summed E-state index contributed by atoms with van der Waals surface area (Å²) < 4.78 is 63.9. The largest absolute Gasteiger partial charge is 0.275 e. The van der Waals surface area contributed by atoms with Crippen LogP contribution in [-0.2, 0) is 11.8 Å². The molecule has 6 heteroatoms. The molecule has 2 aromatic heterocycles. The molecule has 42 heavy (non-hydrogen) atoms. The smallest absolute Gasteiger partial charge is 0.201 e. The van der Waals surface area contributed by atoms with Crippen LogP contribution in [0.25, 0.3) is 20.2 Å². The fourth-order valence-electron chi connectivity index (χ4n) is 6.29. The van der Waals surface area contributed by atoms with Gasteiger partial charge >= 0.3 is 0 Å². The van der Waals surface area contributed by atoms with Crippen molar-refractivity contribution in [1.82, 2.24) is 0 Å². The van der Waals surface area contributed by atoms with Gasteiger partial charge in [0, 0.05) is 44.1 Å². The first-order chi connectivity index (χ1) is 20.3. The molecule has 0 spiro atoms. The van der Waals surface area contributed by atoms with Gasteiger partial charge in [0.05, 0.1) is 0 Å². The van der Waals surface area contributed by atoms with Crippen LogP contribution in [0.2, 0.25) is 0 Å². The van der Waals surface area contributed by atoms with Gasteiger partial charge < -0.3 is 0 Å². The molecule has 2 heterocycles. The first-order valence-corrected chi connectivity index (χ1v) is 18.8. The number of alkyl halides is 4. The fourth-order valence-corrected chi connectivity index (χ4v) is 8.32. The second-order valence-corrected chi connectivity index (χ2v) is 14.2. The zero-order chi connectivity index (χ0) is 30.3. The second-order valence-electron chi connectivity index (χ2n) is 12.3. The van der Waals surface area contributed by atoms with Crippen LogP contribution in [0.3, 0.4) is 0 Å². The molecule has 0 saturated heterocycles. The van der Waals surface area contributed by atoms with Gasteiger partial charge in [-0.2, -0.15) is 0 Å². The maximum Gasteiger partial charge on any atom is 0.275 e. The summed E-state index contributed by atoms with van der Waals surface area (Å²) in [5.74, 6) is -6.07. The van der Waals surface area contributed by atoms with E-state index >= 15 is 17.6 Å². The van der Waals surface area contributed by atoms with Gasteiger partial charge in [-0.15, -0.1) is 22.7 Å². The van der Waals surface area contributed by atoms with Crippen LogP contribution in [-0.4, -0.2) is 0 Å². The Hall–Kier alpha value is -1.14. The number of hydrogen-bond acceptors (Lipinski definition) is 2. The van der Waals surface area contributed by atoms with E-state index in [-0.39, 0.29) is 24.0 Å². The first kappa shape index (κ1) is 35.3. The molecular formula is C36H54F4S2. The van der Waals surface area contributed by atoms with Crippen LogP contribution >= 0.6 is 22.7 Å². The predicted molar refractivity (Wildman–Crippen MR) is 178 cm³/mol.